The monoisotopic (exact) mass is 228 g/mol. The summed E-state index contributed by atoms with van der Waals surface area (Å²) in [6.07, 6.45) is 1.76. The number of nitrogens with zero attached hydrogens (tertiary/aromatic N) is 1. The van der Waals surface area contributed by atoms with Crippen molar-refractivity contribution < 1.29 is 4.74 Å². The summed E-state index contributed by atoms with van der Waals surface area (Å²) in [6.45, 7) is 2.03. The fraction of sp³-hybridized carbons (Fsp3) is 0.214. The van der Waals surface area contributed by atoms with Gasteiger partial charge in [-0.1, -0.05) is 12.1 Å². The minimum absolute atomic E-state index is 0.192. The number of nitrogens with two attached hydrogens (primary N) is 1. The summed E-state index contributed by atoms with van der Waals surface area (Å²) >= 11 is 0. The summed E-state index contributed by atoms with van der Waals surface area (Å²) in [5.74, 6) is 0.847. The highest BCUT2D eigenvalue weighted by molar-refractivity contribution is 5.39. The van der Waals surface area contributed by atoms with E-state index in [1.165, 1.54) is 0 Å². The lowest BCUT2D eigenvalue weighted by molar-refractivity contribution is 0.414. The van der Waals surface area contributed by atoms with Crippen molar-refractivity contribution >= 4 is 0 Å². The highest BCUT2D eigenvalue weighted by atomic mass is 16.5. The fourth-order valence-electron chi connectivity index (χ4n) is 1.84. The first-order valence-corrected chi connectivity index (χ1v) is 5.53. The molecule has 1 heterocycles. The molecule has 0 aliphatic rings. The van der Waals surface area contributed by atoms with Crippen molar-refractivity contribution in [2.24, 2.45) is 5.73 Å². The third-order valence-corrected chi connectivity index (χ3v) is 2.82. The van der Waals surface area contributed by atoms with Crippen LogP contribution in [0, 0.1) is 6.92 Å². The third kappa shape index (κ3) is 2.45. The van der Waals surface area contributed by atoms with Gasteiger partial charge in [0.15, 0.2) is 0 Å². The van der Waals surface area contributed by atoms with Gasteiger partial charge in [0.25, 0.3) is 0 Å². The summed E-state index contributed by atoms with van der Waals surface area (Å²) in [4.78, 5) is 4.28. The molecule has 88 valence electrons. The van der Waals surface area contributed by atoms with Crippen molar-refractivity contribution in [3.05, 3.63) is 59.4 Å². The van der Waals surface area contributed by atoms with Crippen LogP contribution in [0.1, 0.15) is 22.9 Å². The van der Waals surface area contributed by atoms with Crippen molar-refractivity contribution in [1.29, 1.82) is 0 Å². The highest BCUT2D eigenvalue weighted by Crippen LogP contribution is 2.24. The SMILES string of the molecule is COc1ccc(C(N)c2ccccn2)c(C)c1. The van der Waals surface area contributed by atoms with Gasteiger partial charge in [0.1, 0.15) is 5.75 Å². The maximum atomic E-state index is 6.21. The van der Waals surface area contributed by atoms with Gasteiger partial charge in [0, 0.05) is 6.20 Å². The molecule has 1 aromatic carbocycles. The van der Waals surface area contributed by atoms with Crippen molar-refractivity contribution in [1.82, 2.24) is 4.98 Å². The molecule has 0 aliphatic heterocycles. The van der Waals surface area contributed by atoms with E-state index in [4.69, 9.17) is 10.5 Å². The Balaban J connectivity index is 2.34. The van der Waals surface area contributed by atoms with Gasteiger partial charge in [-0.15, -0.1) is 0 Å². The molecule has 3 nitrogen and oxygen atoms in total. The molecule has 3 heteroatoms. The molecule has 2 rings (SSSR count). The molecule has 0 amide bonds. The largest absolute Gasteiger partial charge is 0.497 e. The molecular formula is C14H16N2O. The first kappa shape index (κ1) is 11.6. The Hall–Kier alpha value is -1.87. The Morgan fingerprint density at radius 3 is 2.65 bits per heavy atom. The molecule has 2 aromatic rings. The first-order chi connectivity index (χ1) is 8.22. The number of rotatable bonds is 3. The molecule has 0 radical (unpaired) electrons. The van der Waals surface area contributed by atoms with E-state index >= 15 is 0 Å². The Bertz CT molecular complexity index is 497. The van der Waals surface area contributed by atoms with Crippen LogP contribution in [-0.2, 0) is 0 Å². The number of ether oxygens (including phenoxy) is 1. The normalized spacial score (nSPS) is 12.2. The van der Waals surface area contributed by atoms with E-state index in [0.717, 1.165) is 22.6 Å². The topological polar surface area (TPSA) is 48.1 Å². The maximum absolute atomic E-state index is 6.21. The van der Waals surface area contributed by atoms with Crippen LogP contribution in [0.5, 0.6) is 5.75 Å². The lowest BCUT2D eigenvalue weighted by Crippen LogP contribution is -2.14. The van der Waals surface area contributed by atoms with Gasteiger partial charge in [-0.2, -0.15) is 0 Å². The molecule has 1 atom stereocenters. The fourth-order valence-corrected chi connectivity index (χ4v) is 1.84. The molecule has 0 aliphatic carbocycles. The van der Waals surface area contributed by atoms with E-state index in [1.807, 2.05) is 43.3 Å². The second kappa shape index (κ2) is 4.97. The summed E-state index contributed by atoms with van der Waals surface area (Å²) in [5, 5.41) is 0. The zero-order valence-electron chi connectivity index (χ0n) is 10.1. The van der Waals surface area contributed by atoms with Crippen molar-refractivity contribution in [2.75, 3.05) is 7.11 Å². The average molecular weight is 228 g/mol. The van der Waals surface area contributed by atoms with E-state index in [2.05, 4.69) is 4.98 Å². The van der Waals surface area contributed by atoms with E-state index in [9.17, 15) is 0 Å². The molecule has 0 bridgehead atoms. The van der Waals surface area contributed by atoms with Gasteiger partial charge in [-0.05, 0) is 42.3 Å². The third-order valence-electron chi connectivity index (χ3n) is 2.82. The van der Waals surface area contributed by atoms with Crippen LogP contribution in [0.15, 0.2) is 42.6 Å². The Kier molecular flexibility index (Phi) is 3.40. The summed E-state index contributed by atoms with van der Waals surface area (Å²) < 4.78 is 5.18. The van der Waals surface area contributed by atoms with Crippen LogP contribution in [0.4, 0.5) is 0 Å². The molecule has 1 aromatic heterocycles. The predicted molar refractivity (Wildman–Crippen MR) is 68.0 cm³/mol. The van der Waals surface area contributed by atoms with E-state index < -0.39 is 0 Å². The number of pyridine rings is 1. The van der Waals surface area contributed by atoms with E-state index in [-0.39, 0.29) is 6.04 Å². The Morgan fingerprint density at radius 1 is 1.24 bits per heavy atom. The number of aryl methyl sites for hydroxylation is 1. The van der Waals surface area contributed by atoms with Gasteiger partial charge in [0.05, 0.1) is 18.8 Å². The van der Waals surface area contributed by atoms with Crippen LogP contribution >= 0.6 is 0 Å². The van der Waals surface area contributed by atoms with E-state index in [0.29, 0.717) is 0 Å². The molecule has 1 unspecified atom stereocenters. The van der Waals surface area contributed by atoms with Crippen LogP contribution < -0.4 is 10.5 Å². The molecule has 0 saturated heterocycles. The standard InChI is InChI=1S/C14H16N2O/c1-10-9-11(17-2)6-7-12(10)14(15)13-5-3-4-8-16-13/h3-9,14H,15H2,1-2H3. The average Bonchev–Trinajstić information content (AvgIpc) is 2.39. The van der Waals surface area contributed by atoms with Gasteiger partial charge in [-0.25, -0.2) is 0 Å². The van der Waals surface area contributed by atoms with Crippen molar-refractivity contribution in [3.63, 3.8) is 0 Å². The number of methoxy groups -OCH3 is 1. The highest BCUT2D eigenvalue weighted by Gasteiger charge is 2.12. The predicted octanol–water partition coefficient (Wildman–Crippen LogP) is 2.45. The molecule has 17 heavy (non-hydrogen) atoms. The van der Waals surface area contributed by atoms with Crippen LogP contribution in [0.25, 0.3) is 0 Å². The van der Waals surface area contributed by atoms with Gasteiger partial charge >= 0.3 is 0 Å². The smallest absolute Gasteiger partial charge is 0.119 e. The zero-order valence-corrected chi connectivity index (χ0v) is 10.1. The van der Waals surface area contributed by atoms with Gasteiger partial charge in [-0.3, -0.25) is 4.98 Å². The summed E-state index contributed by atoms with van der Waals surface area (Å²) in [7, 11) is 1.66. The Morgan fingerprint density at radius 2 is 2.06 bits per heavy atom. The first-order valence-electron chi connectivity index (χ1n) is 5.53. The molecule has 0 fully saturated rings. The van der Waals surface area contributed by atoms with Gasteiger partial charge in [0.2, 0.25) is 0 Å². The molecular weight excluding hydrogens is 212 g/mol. The number of hydrogen-bond acceptors (Lipinski definition) is 3. The number of benzene rings is 1. The Labute approximate surface area is 101 Å². The summed E-state index contributed by atoms with van der Waals surface area (Å²) in [5.41, 5.74) is 9.27. The van der Waals surface area contributed by atoms with Gasteiger partial charge < -0.3 is 10.5 Å². The minimum atomic E-state index is -0.192. The van der Waals surface area contributed by atoms with Crippen molar-refractivity contribution in [3.8, 4) is 5.75 Å². The molecule has 0 spiro atoms. The van der Waals surface area contributed by atoms with Crippen molar-refractivity contribution in [2.45, 2.75) is 13.0 Å². The van der Waals surface area contributed by atoms with Crippen LogP contribution in [-0.4, -0.2) is 12.1 Å². The quantitative estimate of drug-likeness (QED) is 0.877. The lowest BCUT2D eigenvalue weighted by Gasteiger charge is -2.15. The summed E-state index contributed by atoms with van der Waals surface area (Å²) in [6, 6.07) is 11.5. The second-order valence-electron chi connectivity index (χ2n) is 3.95. The number of hydrogen-bond donors (Lipinski definition) is 1. The molecule has 0 saturated carbocycles. The van der Waals surface area contributed by atoms with E-state index in [1.54, 1.807) is 13.3 Å². The second-order valence-corrected chi connectivity index (χ2v) is 3.95. The van der Waals surface area contributed by atoms with Crippen LogP contribution in [0.2, 0.25) is 0 Å². The lowest BCUT2D eigenvalue weighted by atomic mass is 9.99. The number of aromatic nitrogens is 1. The zero-order chi connectivity index (χ0) is 12.3. The van der Waals surface area contributed by atoms with Crippen LogP contribution in [0.3, 0.4) is 0 Å². The maximum Gasteiger partial charge on any atom is 0.119 e. The molecule has 2 N–H and O–H groups in total. The minimum Gasteiger partial charge on any atom is -0.497 e.